The van der Waals surface area contributed by atoms with E-state index in [2.05, 4.69) is 126 Å². The van der Waals surface area contributed by atoms with Crippen molar-refractivity contribution in [3.63, 3.8) is 0 Å². The van der Waals surface area contributed by atoms with Crippen molar-refractivity contribution in [1.82, 2.24) is 14.1 Å². The maximum Gasteiger partial charge on any atom is 0.137 e. The van der Waals surface area contributed by atoms with E-state index in [0.29, 0.717) is 0 Å². The van der Waals surface area contributed by atoms with Gasteiger partial charge in [-0.25, -0.2) is 4.98 Å². The van der Waals surface area contributed by atoms with Crippen LogP contribution in [0.3, 0.4) is 0 Å². The molecule has 0 atom stereocenters. The Labute approximate surface area is 259 Å². The quantitative estimate of drug-likeness (QED) is 0.168. The maximum absolute atomic E-state index is 5.85. The Kier molecular flexibility index (Phi) is 9.22. The average molecular weight is 575 g/mol. The second kappa shape index (κ2) is 13.6. The van der Waals surface area contributed by atoms with Crippen LogP contribution in [0, 0.1) is 0 Å². The summed E-state index contributed by atoms with van der Waals surface area (Å²) in [6.07, 6.45) is 13.1. The Morgan fingerprint density at radius 2 is 1.39 bits per heavy atom. The van der Waals surface area contributed by atoms with Crippen molar-refractivity contribution in [3.05, 3.63) is 159 Å². The lowest BCUT2D eigenvalue weighted by molar-refractivity contribution is 1.08. The van der Waals surface area contributed by atoms with E-state index in [1.54, 1.807) is 18.4 Å². The number of rotatable bonds is 4. The van der Waals surface area contributed by atoms with E-state index in [9.17, 15) is 0 Å². The summed E-state index contributed by atoms with van der Waals surface area (Å²) in [6, 6.07) is 34.6. The number of para-hydroxylation sites is 2. The number of benzene rings is 4. The van der Waals surface area contributed by atoms with Crippen molar-refractivity contribution >= 4 is 49.1 Å². The number of allylic oxidation sites excluding steroid dienone is 5. The van der Waals surface area contributed by atoms with Crippen molar-refractivity contribution in [1.29, 1.82) is 0 Å². The van der Waals surface area contributed by atoms with Crippen molar-refractivity contribution in [3.8, 4) is 11.5 Å². The molecule has 0 radical (unpaired) electrons. The number of hydrogen-bond donors (Lipinski definition) is 1. The van der Waals surface area contributed by atoms with Gasteiger partial charge in [0.25, 0.3) is 0 Å². The third kappa shape index (κ3) is 5.70. The lowest BCUT2D eigenvalue weighted by Gasteiger charge is -2.10. The Morgan fingerprint density at radius 3 is 2.07 bits per heavy atom. The Morgan fingerprint density at radius 1 is 0.705 bits per heavy atom. The molecular weight excluding hydrogens is 536 g/mol. The topological polar surface area (TPSA) is 48.8 Å². The van der Waals surface area contributed by atoms with Gasteiger partial charge in [-0.05, 0) is 97.8 Å². The van der Waals surface area contributed by atoms with Gasteiger partial charge >= 0.3 is 0 Å². The minimum Gasteiger partial charge on any atom is -0.404 e. The predicted molar refractivity (Wildman–Crippen MR) is 192 cm³/mol. The molecule has 0 saturated heterocycles. The summed E-state index contributed by atoms with van der Waals surface area (Å²) in [6.45, 7) is 12.5. The lowest BCUT2D eigenvalue weighted by atomic mass is 10.0. The van der Waals surface area contributed by atoms with E-state index >= 15 is 0 Å². The number of nitrogens with two attached hydrogens (primary N) is 1. The molecule has 0 bridgehead atoms. The largest absolute Gasteiger partial charge is 0.404 e. The van der Waals surface area contributed by atoms with Crippen LogP contribution < -0.4 is 5.73 Å². The number of aromatic nitrogens is 3. The molecule has 44 heavy (non-hydrogen) atoms. The molecular formula is C40H38N4. The zero-order valence-electron chi connectivity index (χ0n) is 25.6. The van der Waals surface area contributed by atoms with E-state index in [0.717, 1.165) is 33.7 Å². The second-order valence-electron chi connectivity index (χ2n) is 10.3. The zero-order chi connectivity index (χ0) is 31.1. The molecule has 2 N–H and O–H groups in total. The standard InChI is InChI=1S/C34H26N4.2C3H6/c1-2-8-24(21-35)25-13-14-34(36-22-25)38-31-12-7-6-11-29(31)30-18-27-19-32-23(17-26(27)20-33(30)38)15-16-37(32)28-9-4-3-5-10-28;2*1-3-2/h2-22H,35H2,1H3;2*3H,1H2,2H3/b8-2-,24-21+;;. The second-order valence-corrected chi connectivity index (χ2v) is 10.3. The van der Waals surface area contributed by atoms with Gasteiger partial charge in [0.2, 0.25) is 0 Å². The van der Waals surface area contributed by atoms with Gasteiger partial charge in [-0.15, -0.1) is 13.2 Å². The molecule has 0 unspecified atom stereocenters. The molecule has 0 aliphatic heterocycles. The monoisotopic (exact) mass is 574 g/mol. The van der Waals surface area contributed by atoms with Crippen LogP contribution >= 0.6 is 0 Å². The van der Waals surface area contributed by atoms with Gasteiger partial charge in [0.1, 0.15) is 5.82 Å². The molecule has 0 aliphatic rings. The summed E-state index contributed by atoms with van der Waals surface area (Å²) >= 11 is 0. The van der Waals surface area contributed by atoms with Crippen LogP contribution in [0.15, 0.2) is 153 Å². The molecule has 3 heterocycles. The summed E-state index contributed by atoms with van der Waals surface area (Å²) in [4.78, 5) is 4.87. The third-order valence-corrected chi connectivity index (χ3v) is 7.31. The molecule has 0 amide bonds. The van der Waals surface area contributed by atoms with Gasteiger partial charge in [0.15, 0.2) is 0 Å². The number of pyridine rings is 1. The Hall–Kier alpha value is -5.61. The first kappa shape index (κ1) is 29.9. The fourth-order valence-corrected chi connectivity index (χ4v) is 5.52. The average Bonchev–Trinajstić information content (AvgIpc) is 3.61. The molecule has 0 saturated carbocycles. The van der Waals surface area contributed by atoms with E-state index < -0.39 is 0 Å². The highest BCUT2D eigenvalue weighted by Gasteiger charge is 2.15. The van der Waals surface area contributed by atoms with Gasteiger partial charge < -0.3 is 10.3 Å². The summed E-state index contributed by atoms with van der Waals surface area (Å²) in [5, 5.41) is 6.07. The molecule has 4 heteroatoms. The number of fused-ring (bicyclic) bond motifs is 5. The molecule has 7 rings (SSSR count). The summed E-state index contributed by atoms with van der Waals surface area (Å²) in [5.41, 5.74) is 12.4. The smallest absolute Gasteiger partial charge is 0.137 e. The summed E-state index contributed by atoms with van der Waals surface area (Å²) in [7, 11) is 0. The maximum atomic E-state index is 5.85. The van der Waals surface area contributed by atoms with Gasteiger partial charge in [0.05, 0.1) is 16.6 Å². The highest BCUT2D eigenvalue weighted by Crippen LogP contribution is 2.36. The normalized spacial score (nSPS) is 11.4. The SMILES string of the molecule is C/C=C\C(=C/N)c1ccc(-n2c3ccccc3c3cc4cc5c(ccn5-c5ccccc5)cc4cc32)nc1.C=CC.C=CC. The molecule has 4 nitrogen and oxygen atoms in total. The van der Waals surface area contributed by atoms with Crippen LogP contribution in [-0.4, -0.2) is 14.1 Å². The highest BCUT2D eigenvalue weighted by molar-refractivity contribution is 6.14. The molecule has 218 valence electrons. The fraction of sp³-hybridized carbons (Fsp3) is 0.0750. The molecule has 7 aromatic rings. The van der Waals surface area contributed by atoms with Crippen molar-refractivity contribution in [2.45, 2.75) is 20.8 Å². The molecule has 3 aromatic heterocycles. The van der Waals surface area contributed by atoms with Crippen LogP contribution in [0.25, 0.3) is 60.6 Å². The van der Waals surface area contributed by atoms with E-state index in [4.69, 9.17) is 10.7 Å². The van der Waals surface area contributed by atoms with Crippen LogP contribution in [0.5, 0.6) is 0 Å². The molecule has 0 spiro atoms. The minimum absolute atomic E-state index is 0.882. The van der Waals surface area contributed by atoms with E-state index in [1.807, 2.05) is 39.1 Å². The predicted octanol–water partition coefficient (Wildman–Crippen LogP) is 10.5. The van der Waals surface area contributed by atoms with Gasteiger partial charge in [-0.2, -0.15) is 0 Å². The fourth-order valence-electron chi connectivity index (χ4n) is 5.52. The Balaban J connectivity index is 0.000000594. The Bertz CT molecular complexity index is 2120. The summed E-state index contributed by atoms with van der Waals surface area (Å²) in [5.74, 6) is 0.882. The first-order valence-electron chi connectivity index (χ1n) is 14.8. The van der Waals surface area contributed by atoms with Crippen LogP contribution in [0.2, 0.25) is 0 Å². The first-order valence-corrected chi connectivity index (χ1v) is 14.8. The van der Waals surface area contributed by atoms with E-state index in [1.165, 1.54) is 32.4 Å². The number of hydrogen-bond acceptors (Lipinski definition) is 2. The van der Waals surface area contributed by atoms with Crippen LogP contribution in [0.1, 0.15) is 26.3 Å². The number of nitrogens with zero attached hydrogens (tertiary/aromatic N) is 3. The third-order valence-electron chi connectivity index (χ3n) is 7.31. The summed E-state index contributed by atoms with van der Waals surface area (Å²) < 4.78 is 4.51. The first-order chi connectivity index (χ1) is 21.6. The molecule has 4 aromatic carbocycles. The van der Waals surface area contributed by atoms with Gasteiger partial charge in [-0.1, -0.05) is 60.7 Å². The lowest BCUT2D eigenvalue weighted by Crippen LogP contribution is -1.98. The van der Waals surface area contributed by atoms with E-state index in [-0.39, 0.29) is 0 Å². The molecule has 0 aliphatic carbocycles. The van der Waals surface area contributed by atoms with Crippen LogP contribution in [0.4, 0.5) is 0 Å². The van der Waals surface area contributed by atoms with Gasteiger partial charge in [-0.3, -0.25) is 4.57 Å². The van der Waals surface area contributed by atoms with Crippen molar-refractivity contribution in [2.24, 2.45) is 5.73 Å². The van der Waals surface area contributed by atoms with Gasteiger partial charge in [0, 0.05) is 46.0 Å². The highest BCUT2D eigenvalue weighted by atomic mass is 15.1. The zero-order valence-corrected chi connectivity index (χ0v) is 25.6. The van der Waals surface area contributed by atoms with Crippen molar-refractivity contribution < 1.29 is 0 Å². The van der Waals surface area contributed by atoms with Crippen molar-refractivity contribution in [2.75, 3.05) is 0 Å². The minimum atomic E-state index is 0.882. The van der Waals surface area contributed by atoms with Crippen LogP contribution in [-0.2, 0) is 0 Å². The molecule has 0 fully saturated rings.